The number of nitrogens with one attached hydrogen (secondary N) is 1. The van der Waals surface area contributed by atoms with Gasteiger partial charge in [0.05, 0.1) is 20.0 Å². The fraction of sp³-hybridized carbons (Fsp3) is 0.286. The minimum absolute atomic E-state index is 0.140. The zero-order valence-corrected chi connectivity index (χ0v) is 18.0. The van der Waals surface area contributed by atoms with Crippen LogP contribution in [-0.2, 0) is 11.2 Å². The van der Waals surface area contributed by atoms with Gasteiger partial charge in [-0.2, -0.15) is 0 Å². The van der Waals surface area contributed by atoms with E-state index >= 15 is 0 Å². The van der Waals surface area contributed by atoms with Crippen molar-refractivity contribution >= 4 is 23.4 Å². The first-order chi connectivity index (χ1) is 14.5. The topological polar surface area (TPSA) is 104 Å². The molecular formula is C21H25N5O3S. The first-order valence-corrected chi connectivity index (χ1v) is 10.5. The number of ether oxygens (including phenoxy) is 2. The van der Waals surface area contributed by atoms with E-state index in [0.29, 0.717) is 22.5 Å². The Morgan fingerprint density at radius 1 is 1.10 bits per heavy atom. The van der Waals surface area contributed by atoms with E-state index in [4.69, 9.17) is 15.3 Å². The zero-order chi connectivity index (χ0) is 21.5. The fourth-order valence-electron chi connectivity index (χ4n) is 2.92. The Kier molecular flexibility index (Phi) is 7.18. The lowest BCUT2D eigenvalue weighted by Gasteiger charge is -2.09. The molecule has 0 unspecified atom stereocenters. The zero-order valence-electron chi connectivity index (χ0n) is 17.2. The number of amides is 1. The number of thioether (sulfide) groups is 1. The average molecular weight is 428 g/mol. The van der Waals surface area contributed by atoms with Crippen LogP contribution in [0.15, 0.2) is 47.6 Å². The summed E-state index contributed by atoms with van der Waals surface area (Å²) < 4.78 is 11.9. The highest BCUT2D eigenvalue weighted by Gasteiger charge is 2.16. The van der Waals surface area contributed by atoms with Gasteiger partial charge >= 0.3 is 0 Å². The Labute approximate surface area is 179 Å². The molecule has 1 amide bonds. The van der Waals surface area contributed by atoms with Gasteiger partial charge in [0, 0.05) is 11.3 Å². The number of carbonyl (C=O) groups excluding carboxylic acids is 1. The van der Waals surface area contributed by atoms with E-state index in [1.54, 1.807) is 26.4 Å². The maximum Gasteiger partial charge on any atom is 0.234 e. The second-order valence-corrected chi connectivity index (χ2v) is 7.47. The molecule has 1 aromatic heterocycles. The maximum atomic E-state index is 12.3. The van der Waals surface area contributed by atoms with E-state index < -0.39 is 0 Å². The van der Waals surface area contributed by atoms with Gasteiger partial charge in [0.15, 0.2) is 17.3 Å². The van der Waals surface area contributed by atoms with Gasteiger partial charge in [-0.25, -0.2) is 4.68 Å². The summed E-state index contributed by atoms with van der Waals surface area (Å²) in [7, 11) is 3.13. The van der Waals surface area contributed by atoms with Crippen LogP contribution >= 0.6 is 11.8 Å². The van der Waals surface area contributed by atoms with Crippen molar-refractivity contribution in [3.63, 3.8) is 0 Å². The molecule has 158 valence electrons. The molecule has 2 aromatic carbocycles. The lowest BCUT2D eigenvalue weighted by Crippen LogP contribution is -2.16. The standard InChI is InChI=1S/C21H25N5O3S/c1-4-5-14-6-9-16(10-7-14)23-19(27)13-30-21-25-24-20(26(21)22)15-8-11-17(28-2)18(12-15)29-3/h6-12H,4-5,13,22H2,1-3H3,(H,23,27). The molecule has 30 heavy (non-hydrogen) atoms. The molecule has 3 aromatic rings. The minimum Gasteiger partial charge on any atom is -0.493 e. The van der Waals surface area contributed by atoms with Crippen LogP contribution < -0.4 is 20.6 Å². The monoisotopic (exact) mass is 427 g/mol. The Morgan fingerprint density at radius 2 is 1.83 bits per heavy atom. The van der Waals surface area contributed by atoms with Crippen molar-refractivity contribution in [3.8, 4) is 22.9 Å². The molecule has 9 heteroatoms. The summed E-state index contributed by atoms with van der Waals surface area (Å²) in [4.78, 5) is 12.3. The molecule has 0 fully saturated rings. The third-order valence-electron chi connectivity index (χ3n) is 4.42. The second-order valence-electron chi connectivity index (χ2n) is 6.53. The van der Waals surface area contributed by atoms with E-state index in [0.717, 1.165) is 24.1 Å². The maximum absolute atomic E-state index is 12.3. The third kappa shape index (κ3) is 5.04. The van der Waals surface area contributed by atoms with Crippen LogP contribution in [0, 0.1) is 0 Å². The van der Waals surface area contributed by atoms with Crippen molar-refractivity contribution in [2.75, 3.05) is 31.1 Å². The number of benzene rings is 2. The predicted molar refractivity (Wildman–Crippen MR) is 119 cm³/mol. The van der Waals surface area contributed by atoms with Crippen LogP contribution in [0.3, 0.4) is 0 Å². The van der Waals surface area contributed by atoms with E-state index in [1.165, 1.54) is 22.0 Å². The molecule has 0 saturated heterocycles. The summed E-state index contributed by atoms with van der Waals surface area (Å²) >= 11 is 1.22. The molecule has 0 spiro atoms. The molecule has 3 N–H and O–H groups in total. The van der Waals surface area contributed by atoms with Gasteiger partial charge in [0.1, 0.15) is 0 Å². The lowest BCUT2D eigenvalue weighted by molar-refractivity contribution is -0.113. The number of hydrogen-bond acceptors (Lipinski definition) is 7. The van der Waals surface area contributed by atoms with Gasteiger partial charge in [0.2, 0.25) is 11.1 Å². The average Bonchev–Trinajstić information content (AvgIpc) is 3.13. The number of aryl methyl sites for hydroxylation is 1. The molecule has 0 aliphatic carbocycles. The van der Waals surface area contributed by atoms with Crippen LogP contribution in [0.25, 0.3) is 11.4 Å². The minimum atomic E-state index is -0.140. The molecule has 0 saturated carbocycles. The van der Waals surface area contributed by atoms with E-state index in [2.05, 4.69) is 22.4 Å². The first-order valence-electron chi connectivity index (χ1n) is 9.50. The number of carbonyl (C=O) groups is 1. The van der Waals surface area contributed by atoms with E-state index in [9.17, 15) is 4.79 Å². The van der Waals surface area contributed by atoms with E-state index in [1.807, 2.05) is 30.3 Å². The van der Waals surface area contributed by atoms with Gasteiger partial charge < -0.3 is 20.6 Å². The predicted octanol–water partition coefficient (Wildman–Crippen LogP) is 3.36. The second kappa shape index (κ2) is 10.0. The van der Waals surface area contributed by atoms with Crippen molar-refractivity contribution in [3.05, 3.63) is 48.0 Å². The smallest absolute Gasteiger partial charge is 0.234 e. The number of methoxy groups -OCH3 is 2. The van der Waals surface area contributed by atoms with Gasteiger partial charge in [0.25, 0.3) is 0 Å². The number of nitrogen functional groups attached to an aromatic ring is 1. The summed E-state index contributed by atoms with van der Waals surface area (Å²) in [6.45, 7) is 2.14. The molecule has 0 bridgehead atoms. The molecule has 1 heterocycles. The summed E-state index contributed by atoms with van der Waals surface area (Å²) in [6.07, 6.45) is 2.12. The van der Waals surface area contributed by atoms with Crippen molar-refractivity contribution in [2.45, 2.75) is 24.9 Å². The molecule has 0 radical (unpaired) electrons. The summed E-state index contributed by atoms with van der Waals surface area (Å²) in [5, 5.41) is 11.6. The van der Waals surface area contributed by atoms with Crippen molar-refractivity contribution in [1.29, 1.82) is 0 Å². The van der Waals surface area contributed by atoms with Gasteiger partial charge in [-0.15, -0.1) is 10.2 Å². The van der Waals surface area contributed by atoms with E-state index in [-0.39, 0.29) is 11.7 Å². The fourth-order valence-corrected chi connectivity index (χ4v) is 3.57. The van der Waals surface area contributed by atoms with Gasteiger partial charge in [-0.05, 0) is 42.3 Å². The van der Waals surface area contributed by atoms with Crippen molar-refractivity contribution in [2.24, 2.45) is 0 Å². The lowest BCUT2D eigenvalue weighted by atomic mass is 10.1. The first kappa shape index (κ1) is 21.5. The van der Waals surface area contributed by atoms with Crippen molar-refractivity contribution < 1.29 is 14.3 Å². The molecule has 0 aliphatic rings. The van der Waals surface area contributed by atoms with Gasteiger partial charge in [-0.3, -0.25) is 4.79 Å². The van der Waals surface area contributed by atoms with Crippen molar-refractivity contribution in [1.82, 2.24) is 14.9 Å². The Hall–Kier alpha value is -3.20. The molecule has 0 aliphatic heterocycles. The SMILES string of the molecule is CCCc1ccc(NC(=O)CSc2nnc(-c3ccc(OC)c(OC)c3)n2N)cc1. The number of hydrogen-bond donors (Lipinski definition) is 2. The number of nitrogens with zero attached hydrogens (tertiary/aromatic N) is 3. The number of aromatic nitrogens is 3. The molecule has 3 rings (SSSR count). The highest BCUT2D eigenvalue weighted by Crippen LogP contribution is 2.32. The summed E-state index contributed by atoms with van der Waals surface area (Å²) in [5.74, 6) is 7.81. The Morgan fingerprint density at radius 3 is 2.50 bits per heavy atom. The highest BCUT2D eigenvalue weighted by atomic mass is 32.2. The highest BCUT2D eigenvalue weighted by molar-refractivity contribution is 7.99. The van der Waals surface area contributed by atoms with Crippen LogP contribution in [0.4, 0.5) is 5.69 Å². The molecule has 8 nitrogen and oxygen atoms in total. The summed E-state index contributed by atoms with van der Waals surface area (Å²) in [6, 6.07) is 13.2. The largest absolute Gasteiger partial charge is 0.493 e. The molecular weight excluding hydrogens is 402 g/mol. The number of anilines is 1. The Bertz CT molecular complexity index is 1000. The van der Waals surface area contributed by atoms with Crippen LogP contribution in [-0.4, -0.2) is 40.8 Å². The molecule has 0 atom stereocenters. The quantitative estimate of drug-likeness (QED) is 0.398. The van der Waals surface area contributed by atoms with Crippen LogP contribution in [0.1, 0.15) is 18.9 Å². The summed E-state index contributed by atoms with van der Waals surface area (Å²) in [5.41, 5.74) is 2.75. The van der Waals surface area contributed by atoms with Gasteiger partial charge in [-0.1, -0.05) is 37.2 Å². The third-order valence-corrected chi connectivity index (χ3v) is 5.36. The number of rotatable bonds is 9. The normalized spacial score (nSPS) is 10.6. The van der Waals surface area contributed by atoms with Crippen LogP contribution in [0.2, 0.25) is 0 Å². The number of nitrogens with two attached hydrogens (primary N) is 1. The Balaban J connectivity index is 1.63. The van der Waals surface area contributed by atoms with Crippen LogP contribution in [0.5, 0.6) is 11.5 Å².